The molecular weight excluding hydrogens is 286 g/mol. The van der Waals surface area contributed by atoms with Crippen molar-refractivity contribution >= 4 is 11.5 Å². The molecule has 0 saturated heterocycles. The molecule has 122 valence electrons. The average molecular weight is 309 g/mol. The summed E-state index contributed by atoms with van der Waals surface area (Å²) in [4.78, 5) is 21.9. The number of carbonyl (C=O) groups excluding carboxylic acids is 1. The lowest BCUT2D eigenvalue weighted by molar-refractivity contribution is -0.386. The molecule has 0 atom stereocenters. The Balaban J connectivity index is 2.51. The maximum atomic E-state index is 12.0. The number of benzene rings is 1. The Morgan fingerprint density at radius 2 is 1.68 bits per heavy atom. The summed E-state index contributed by atoms with van der Waals surface area (Å²) in [5.74, 6) is -1.71. The highest BCUT2D eigenvalue weighted by molar-refractivity contribution is 5.97. The number of ketones is 1. The average Bonchev–Trinajstić information content (AvgIpc) is 2.48. The first-order chi connectivity index (χ1) is 10.5. The molecule has 6 nitrogen and oxygen atoms in total. The van der Waals surface area contributed by atoms with Gasteiger partial charge >= 0.3 is 5.69 Å². The molecule has 0 fully saturated rings. The Morgan fingerprint density at radius 1 is 1.09 bits per heavy atom. The monoisotopic (exact) mass is 309 g/mol. The molecule has 0 heterocycles. The van der Waals surface area contributed by atoms with E-state index in [9.17, 15) is 25.1 Å². The van der Waals surface area contributed by atoms with Gasteiger partial charge < -0.3 is 10.2 Å². The minimum absolute atomic E-state index is 0.0629. The van der Waals surface area contributed by atoms with E-state index < -0.39 is 22.1 Å². The van der Waals surface area contributed by atoms with Crippen molar-refractivity contribution in [2.45, 2.75) is 58.3 Å². The van der Waals surface area contributed by atoms with Gasteiger partial charge in [-0.15, -0.1) is 0 Å². The Kier molecular flexibility index (Phi) is 7.36. The van der Waals surface area contributed by atoms with Crippen molar-refractivity contribution in [2.75, 3.05) is 0 Å². The number of hydrogen-bond acceptors (Lipinski definition) is 5. The van der Waals surface area contributed by atoms with Crippen molar-refractivity contribution in [1.29, 1.82) is 0 Å². The number of rotatable bonds is 10. The second kappa shape index (κ2) is 9.02. The number of phenolic OH excluding ortho intramolecular Hbond substituents is 2. The van der Waals surface area contributed by atoms with Gasteiger partial charge in [0.1, 0.15) is 0 Å². The van der Waals surface area contributed by atoms with Gasteiger partial charge in [-0.2, -0.15) is 0 Å². The highest BCUT2D eigenvalue weighted by Crippen LogP contribution is 2.36. The smallest absolute Gasteiger partial charge is 0.315 e. The highest BCUT2D eigenvalue weighted by Gasteiger charge is 2.21. The van der Waals surface area contributed by atoms with Gasteiger partial charge in [-0.1, -0.05) is 45.4 Å². The molecular formula is C16H23NO5. The summed E-state index contributed by atoms with van der Waals surface area (Å²) in [6, 6.07) is 2.09. The molecule has 0 spiro atoms. The third kappa shape index (κ3) is 5.35. The minimum Gasteiger partial charge on any atom is -0.504 e. The third-order valence-electron chi connectivity index (χ3n) is 3.60. The van der Waals surface area contributed by atoms with Crippen LogP contribution in [0, 0.1) is 10.1 Å². The molecule has 0 aromatic heterocycles. The van der Waals surface area contributed by atoms with E-state index in [4.69, 9.17) is 0 Å². The van der Waals surface area contributed by atoms with Gasteiger partial charge in [0.05, 0.1) is 4.92 Å². The topological polar surface area (TPSA) is 101 Å². The van der Waals surface area contributed by atoms with Gasteiger partial charge in [-0.3, -0.25) is 14.9 Å². The quantitative estimate of drug-likeness (QED) is 0.220. The van der Waals surface area contributed by atoms with Crippen LogP contribution in [0.3, 0.4) is 0 Å². The van der Waals surface area contributed by atoms with Crippen LogP contribution < -0.4 is 0 Å². The third-order valence-corrected chi connectivity index (χ3v) is 3.60. The summed E-state index contributed by atoms with van der Waals surface area (Å²) in [6.45, 7) is 2.16. The standard InChI is InChI=1S/C16H23NO5/c1-2-3-4-5-6-7-8-9-14(18)12-10-13(17(21)22)16(20)15(19)11-12/h10-11,19-20H,2-9H2,1H3. The number of unbranched alkanes of at least 4 members (excludes halogenated alkanes) is 6. The van der Waals surface area contributed by atoms with E-state index in [1.807, 2.05) is 0 Å². The zero-order valence-electron chi connectivity index (χ0n) is 12.9. The predicted molar refractivity (Wildman–Crippen MR) is 83.4 cm³/mol. The largest absolute Gasteiger partial charge is 0.504 e. The van der Waals surface area contributed by atoms with Crippen molar-refractivity contribution in [3.8, 4) is 11.5 Å². The van der Waals surface area contributed by atoms with Crippen LogP contribution >= 0.6 is 0 Å². The van der Waals surface area contributed by atoms with Gasteiger partial charge in [0, 0.05) is 18.1 Å². The maximum absolute atomic E-state index is 12.0. The van der Waals surface area contributed by atoms with Crippen LogP contribution in [0.1, 0.15) is 68.6 Å². The molecule has 22 heavy (non-hydrogen) atoms. The Labute approximate surface area is 129 Å². The molecule has 0 aliphatic carbocycles. The van der Waals surface area contributed by atoms with Gasteiger partial charge in [0.25, 0.3) is 0 Å². The summed E-state index contributed by atoms with van der Waals surface area (Å²) in [5.41, 5.74) is -0.587. The Morgan fingerprint density at radius 3 is 2.27 bits per heavy atom. The van der Waals surface area contributed by atoms with E-state index in [2.05, 4.69) is 6.92 Å². The second-order valence-electron chi connectivity index (χ2n) is 5.41. The van der Waals surface area contributed by atoms with E-state index in [-0.39, 0.29) is 17.8 Å². The Bertz CT molecular complexity index is 528. The van der Waals surface area contributed by atoms with Crippen molar-refractivity contribution in [3.05, 3.63) is 27.8 Å². The molecule has 0 bridgehead atoms. The fourth-order valence-corrected chi connectivity index (χ4v) is 2.29. The van der Waals surface area contributed by atoms with Crippen LogP contribution in [0.4, 0.5) is 5.69 Å². The van der Waals surface area contributed by atoms with Crippen LogP contribution in [0.5, 0.6) is 11.5 Å². The molecule has 1 rings (SSSR count). The lowest BCUT2D eigenvalue weighted by atomic mass is 10.0. The first kappa shape index (κ1) is 17.9. The van der Waals surface area contributed by atoms with E-state index in [1.54, 1.807) is 0 Å². The number of carbonyl (C=O) groups is 1. The molecule has 0 saturated carbocycles. The number of aromatic hydroxyl groups is 2. The van der Waals surface area contributed by atoms with Gasteiger partial charge in [-0.25, -0.2) is 0 Å². The van der Waals surface area contributed by atoms with Crippen molar-refractivity contribution < 1.29 is 19.9 Å². The number of Topliss-reactive ketones (excluding diaryl/α,β-unsaturated/α-hetero) is 1. The van der Waals surface area contributed by atoms with E-state index in [1.165, 1.54) is 19.3 Å². The van der Waals surface area contributed by atoms with E-state index in [0.717, 1.165) is 37.8 Å². The summed E-state index contributed by atoms with van der Waals surface area (Å²) >= 11 is 0. The SMILES string of the molecule is CCCCCCCCCC(=O)c1cc(O)c(O)c([N+](=O)[O-])c1. The van der Waals surface area contributed by atoms with Crippen LogP contribution in [-0.4, -0.2) is 20.9 Å². The lowest BCUT2D eigenvalue weighted by Gasteiger charge is -2.05. The summed E-state index contributed by atoms with van der Waals surface area (Å²) in [7, 11) is 0. The summed E-state index contributed by atoms with van der Waals surface area (Å²) in [5, 5.41) is 29.6. The predicted octanol–water partition coefficient (Wildman–Crippen LogP) is 4.33. The van der Waals surface area contributed by atoms with Crippen molar-refractivity contribution in [2.24, 2.45) is 0 Å². The zero-order valence-corrected chi connectivity index (χ0v) is 12.9. The molecule has 6 heteroatoms. The van der Waals surface area contributed by atoms with Crippen LogP contribution in [0.2, 0.25) is 0 Å². The molecule has 0 aliphatic heterocycles. The normalized spacial score (nSPS) is 10.6. The van der Waals surface area contributed by atoms with Gasteiger partial charge in [0.2, 0.25) is 5.75 Å². The number of nitrogens with zero attached hydrogens (tertiary/aromatic N) is 1. The van der Waals surface area contributed by atoms with Crippen LogP contribution in [0.15, 0.2) is 12.1 Å². The second-order valence-corrected chi connectivity index (χ2v) is 5.41. The highest BCUT2D eigenvalue weighted by atomic mass is 16.6. The number of hydrogen-bond donors (Lipinski definition) is 2. The number of phenols is 2. The van der Waals surface area contributed by atoms with Crippen LogP contribution in [0.25, 0.3) is 0 Å². The molecule has 0 unspecified atom stereocenters. The van der Waals surface area contributed by atoms with Gasteiger partial charge in [-0.05, 0) is 12.5 Å². The minimum atomic E-state index is -0.820. The van der Waals surface area contributed by atoms with E-state index >= 15 is 0 Å². The zero-order chi connectivity index (χ0) is 16.5. The molecule has 0 radical (unpaired) electrons. The summed E-state index contributed by atoms with van der Waals surface area (Å²) < 4.78 is 0. The first-order valence-electron chi connectivity index (χ1n) is 7.71. The lowest BCUT2D eigenvalue weighted by Crippen LogP contribution is -2.01. The molecule has 2 N–H and O–H groups in total. The van der Waals surface area contributed by atoms with Gasteiger partial charge in [0.15, 0.2) is 11.5 Å². The van der Waals surface area contributed by atoms with Crippen molar-refractivity contribution in [1.82, 2.24) is 0 Å². The number of nitro benzene ring substituents is 1. The fraction of sp³-hybridized carbons (Fsp3) is 0.562. The molecule has 1 aromatic carbocycles. The molecule has 0 aliphatic rings. The first-order valence-corrected chi connectivity index (χ1v) is 7.71. The van der Waals surface area contributed by atoms with Crippen LogP contribution in [-0.2, 0) is 0 Å². The molecule has 1 aromatic rings. The molecule has 0 amide bonds. The Hall–Kier alpha value is -2.11. The van der Waals surface area contributed by atoms with Crippen molar-refractivity contribution in [3.63, 3.8) is 0 Å². The maximum Gasteiger partial charge on any atom is 0.315 e. The summed E-state index contributed by atoms with van der Waals surface area (Å²) in [6.07, 6.45) is 7.83. The number of nitro groups is 1. The van der Waals surface area contributed by atoms with E-state index in [0.29, 0.717) is 0 Å². The fourth-order valence-electron chi connectivity index (χ4n) is 2.29.